The molecule has 1 aromatic carbocycles. The number of hydroxylamine groups is 1. The number of aliphatic hydroxyl groups excluding tert-OH is 1. The van der Waals surface area contributed by atoms with Gasteiger partial charge in [0.15, 0.2) is 0 Å². The van der Waals surface area contributed by atoms with Crippen molar-refractivity contribution in [2.75, 3.05) is 0 Å². The number of rotatable bonds is 3. The highest BCUT2D eigenvalue weighted by atomic mass is 16.7. The van der Waals surface area contributed by atoms with Crippen LogP contribution < -0.4 is 5.48 Å². The van der Waals surface area contributed by atoms with E-state index in [-0.39, 0.29) is 12.5 Å². The summed E-state index contributed by atoms with van der Waals surface area (Å²) in [6, 6.07) is 9.15. The van der Waals surface area contributed by atoms with E-state index in [1.807, 2.05) is 35.8 Å². The highest BCUT2D eigenvalue weighted by molar-refractivity contribution is 5.76. The van der Waals surface area contributed by atoms with Crippen molar-refractivity contribution in [3.63, 3.8) is 0 Å². The first kappa shape index (κ1) is 13.4. The Morgan fingerprint density at radius 1 is 1.26 bits per heavy atom. The van der Waals surface area contributed by atoms with E-state index in [0.29, 0.717) is 12.8 Å². The first-order valence-corrected chi connectivity index (χ1v) is 6.00. The van der Waals surface area contributed by atoms with Gasteiger partial charge in [0.1, 0.15) is 6.61 Å². The zero-order valence-corrected chi connectivity index (χ0v) is 10.2. The topological polar surface area (TPSA) is 84.9 Å². The van der Waals surface area contributed by atoms with E-state index in [0.717, 1.165) is 5.56 Å². The third-order valence-electron chi connectivity index (χ3n) is 2.89. The van der Waals surface area contributed by atoms with Crippen LogP contribution in [-0.2, 0) is 21.0 Å². The number of benzene rings is 1. The number of ether oxygens (including phenoxy) is 1. The minimum absolute atomic E-state index is 0.104. The Morgan fingerprint density at radius 2 is 1.95 bits per heavy atom. The Hall–Kier alpha value is -2.08. The molecule has 6 nitrogen and oxygen atoms in total. The maximum atomic E-state index is 11.3. The maximum absolute atomic E-state index is 11.3. The van der Waals surface area contributed by atoms with Crippen LogP contribution >= 0.6 is 0 Å². The molecule has 0 aliphatic heterocycles. The first-order valence-electron chi connectivity index (χ1n) is 6.00. The Labute approximate surface area is 110 Å². The van der Waals surface area contributed by atoms with E-state index >= 15 is 0 Å². The van der Waals surface area contributed by atoms with Crippen molar-refractivity contribution in [1.82, 2.24) is 5.48 Å². The third kappa shape index (κ3) is 3.96. The Morgan fingerprint density at radius 3 is 2.58 bits per heavy atom. The Bertz CT molecular complexity index is 442. The van der Waals surface area contributed by atoms with Crippen LogP contribution in [0.15, 0.2) is 30.3 Å². The number of amides is 1. The smallest absolute Gasteiger partial charge is 0.441 e. The van der Waals surface area contributed by atoms with Gasteiger partial charge in [-0.15, -0.1) is 5.48 Å². The number of aliphatic hydroxyl groups is 1. The van der Waals surface area contributed by atoms with Crippen molar-refractivity contribution in [3.8, 4) is 0 Å². The number of nitrogens with one attached hydrogen (secondary N) is 1. The molecule has 2 rings (SSSR count). The summed E-state index contributed by atoms with van der Waals surface area (Å²) in [5, 5.41) is 9.04. The number of hydrogen-bond donors (Lipinski definition) is 2. The molecule has 0 unspecified atom stereocenters. The summed E-state index contributed by atoms with van der Waals surface area (Å²) in [5.74, 6) is -0.897. The van der Waals surface area contributed by atoms with Crippen LogP contribution in [-0.4, -0.2) is 23.3 Å². The minimum atomic E-state index is -0.822. The van der Waals surface area contributed by atoms with E-state index in [9.17, 15) is 9.59 Å². The predicted octanol–water partition coefficient (Wildman–Crippen LogP) is 1.14. The van der Waals surface area contributed by atoms with Gasteiger partial charge in [0.2, 0.25) is 0 Å². The average Bonchev–Trinajstić information content (AvgIpc) is 2.40. The lowest BCUT2D eigenvalue weighted by Crippen LogP contribution is -2.39. The summed E-state index contributed by atoms with van der Waals surface area (Å²) in [4.78, 5) is 27.2. The molecule has 1 amide bonds. The van der Waals surface area contributed by atoms with Gasteiger partial charge in [-0.05, 0) is 18.4 Å². The van der Waals surface area contributed by atoms with Crippen LogP contribution in [0.25, 0.3) is 0 Å². The van der Waals surface area contributed by atoms with E-state index in [2.05, 4.69) is 4.84 Å². The van der Waals surface area contributed by atoms with Crippen LogP contribution in [0.1, 0.15) is 18.4 Å². The number of hydrogen-bond acceptors (Lipinski definition) is 5. The zero-order chi connectivity index (χ0) is 13.7. The van der Waals surface area contributed by atoms with Gasteiger partial charge in [-0.2, -0.15) is 0 Å². The van der Waals surface area contributed by atoms with Gasteiger partial charge in [0, 0.05) is 0 Å². The van der Waals surface area contributed by atoms with E-state index in [1.165, 1.54) is 0 Å². The summed E-state index contributed by atoms with van der Waals surface area (Å²) >= 11 is 0. The zero-order valence-electron chi connectivity index (χ0n) is 10.2. The summed E-state index contributed by atoms with van der Waals surface area (Å²) < 4.78 is 4.85. The molecule has 0 saturated heterocycles. The largest absolute Gasteiger partial charge is 0.443 e. The molecule has 0 atom stereocenters. The van der Waals surface area contributed by atoms with Gasteiger partial charge in [-0.1, -0.05) is 30.3 Å². The van der Waals surface area contributed by atoms with Crippen molar-refractivity contribution >= 4 is 12.1 Å². The summed E-state index contributed by atoms with van der Waals surface area (Å²) in [6.45, 7) is 0.104. The molecule has 1 aliphatic carbocycles. The van der Waals surface area contributed by atoms with Gasteiger partial charge in [0.25, 0.3) is 0 Å². The lowest BCUT2D eigenvalue weighted by molar-refractivity contribution is -0.162. The highest BCUT2D eigenvalue weighted by Crippen LogP contribution is 2.27. The third-order valence-corrected chi connectivity index (χ3v) is 2.89. The van der Waals surface area contributed by atoms with Crippen LogP contribution in [0.4, 0.5) is 4.79 Å². The average molecular weight is 265 g/mol. The molecule has 1 saturated carbocycles. The van der Waals surface area contributed by atoms with Crippen molar-refractivity contribution in [2.45, 2.75) is 25.6 Å². The summed E-state index contributed by atoms with van der Waals surface area (Å²) in [6.07, 6.45) is -0.515. The summed E-state index contributed by atoms with van der Waals surface area (Å²) in [5.41, 5.74) is 2.76. The van der Waals surface area contributed by atoms with Crippen LogP contribution in [0.3, 0.4) is 0 Å². The summed E-state index contributed by atoms with van der Waals surface area (Å²) in [7, 11) is 0. The minimum Gasteiger partial charge on any atom is -0.443 e. The molecule has 1 aliphatic rings. The maximum Gasteiger partial charge on any atom is 0.441 e. The van der Waals surface area contributed by atoms with Gasteiger partial charge in [0.05, 0.1) is 12.0 Å². The number of carbonyl (C=O) groups excluding carboxylic acids is 2. The van der Waals surface area contributed by atoms with E-state index in [1.54, 1.807) is 0 Å². The van der Waals surface area contributed by atoms with Gasteiger partial charge in [-0.25, -0.2) is 9.59 Å². The van der Waals surface area contributed by atoms with Gasteiger partial charge in [-0.3, -0.25) is 0 Å². The van der Waals surface area contributed by atoms with Crippen molar-refractivity contribution < 1.29 is 24.3 Å². The fraction of sp³-hybridized carbons (Fsp3) is 0.385. The fourth-order valence-corrected chi connectivity index (χ4v) is 1.71. The predicted molar refractivity (Wildman–Crippen MR) is 64.6 cm³/mol. The number of carbonyl (C=O) groups is 2. The molecule has 102 valence electrons. The van der Waals surface area contributed by atoms with Gasteiger partial charge < -0.3 is 14.7 Å². The molecule has 6 heteroatoms. The molecule has 1 fully saturated rings. The Balaban J connectivity index is 1.63. The standard InChI is InChI=1S/C13H15NO5/c15-11-6-10(7-11)12(16)19-14-13(17)18-8-9-4-2-1-3-5-9/h1-5,10-11,15H,6-8H2,(H,14,17). The molecular formula is C13H15NO5. The highest BCUT2D eigenvalue weighted by Gasteiger charge is 2.35. The SMILES string of the molecule is O=C(NOC(=O)C1CC(O)C1)OCc1ccccc1. The van der Waals surface area contributed by atoms with Crippen LogP contribution in [0.2, 0.25) is 0 Å². The molecule has 0 spiro atoms. The second-order valence-corrected chi connectivity index (χ2v) is 4.41. The van der Waals surface area contributed by atoms with Crippen molar-refractivity contribution in [1.29, 1.82) is 0 Å². The Kier molecular flexibility index (Phi) is 4.35. The molecule has 0 radical (unpaired) electrons. The second kappa shape index (κ2) is 6.19. The first-order chi connectivity index (χ1) is 9.15. The molecule has 0 heterocycles. The van der Waals surface area contributed by atoms with Crippen LogP contribution in [0.5, 0.6) is 0 Å². The molecule has 0 aromatic heterocycles. The van der Waals surface area contributed by atoms with E-state index in [4.69, 9.17) is 9.84 Å². The second-order valence-electron chi connectivity index (χ2n) is 4.41. The van der Waals surface area contributed by atoms with Crippen molar-refractivity contribution in [2.24, 2.45) is 5.92 Å². The van der Waals surface area contributed by atoms with Gasteiger partial charge >= 0.3 is 12.1 Å². The lowest BCUT2D eigenvalue weighted by atomic mass is 9.83. The molecule has 19 heavy (non-hydrogen) atoms. The van der Waals surface area contributed by atoms with Crippen molar-refractivity contribution in [3.05, 3.63) is 35.9 Å². The normalized spacial score (nSPS) is 21.1. The molecule has 0 bridgehead atoms. The monoisotopic (exact) mass is 265 g/mol. The molecule has 1 aromatic rings. The lowest BCUT2D eigenvalue weighted by Gasteiger charge is -2.28. The molecule has 2 N–H and O–H groups in total. The van der Waals surface area contributed by atoms with Crippen LogP contribution in [0, 0.1) is 5.92 Å². The quantitative estimate of drug-likeness (QED) is 0.800. The van der Waals surface area contributed by atoms with E-state index < -0.39 is 18.2 Å². The fourth-order valence-electron chi connectivity index (χ4n) is 1.71. The molecular weight excluding hydrogens is 250 g/mol.